The molecule has 96 valence electrons. The molecule has 0 saturated carbocycles. The smallest absolute Gasteiger partial charge is 0.416 e. The Morgan fingerprint density at radius 1 is 1.22 bits per heavy atom. The van der Waals surface area contributed by atoms with Crippen LogP contribution in [0.2, 0.25) is 0 Å². The third kappa shape index (κ3) is 2.53. The SMILES string of the molecule is C[C@H](O)c1nc(-c2ccc(C(F)(F)F)cc2)co1. The maximum atomic E-state index is 12.4. The highest BCUT2D eigenvalue weighted by molar-refractivity contribution is 5.58. The van der Waals surface area contributed by atoms with Gasteiger partial charge in [0, 0.05) is 5.56 Å². The number of alkyl halides is 3. The lowest BCUT2D eigenvalue weighted by Crippen LogP contribution is -2.04. The fourth-order valence-electron chi connectivity index (χ4n) is 1.44. The number of halogens is 3. The van der Waals surface area contributed by atoms with Crippen molar-refractivity contribution in [2.75, 3.05) is 0 Å². The first-order valence-corrected chi connectivity index (χ1v) is 5.19. The first-order valence-electron chi connectivity index (χ1n) is 5.19. The van der Waals surface area contributed by atoms with Crippen LogP contribution < -0.4 is 0 Å². The van der Waals surface area contributed by atoms with Gasteiger partial charge in [0.2, 0.25) is 5.89 Å². The third-order valence-electron chi connectivity index (χ3n) is 2.39. The Bertz CT molecular complexity index is 529. The summed E-state index contributed by atoms with van der Waals surface area (Å²) in [7, 11) is 0. The monoisotopic (exact) mass is 257 g/mol. The number of aliphatic hydroxyl groups is 1. The van der Waals surface area contributed by atoms with Crippen LogP contribution in [0.1, 0.15) is 24.5 Å². The lowest BCUT2D eigenvalue weighted by molar-refractivity contribution is -0.137. The van der Waals surface area contributed by atoms with Gasteiger partial charge in [-0.15, -0.1) is 0 Å². The minimum atomic E-state index is -4.35. The molecule has 3 nitrogen and oxygen atoms in total. The number of hydrogen-bond donors (Lipinski definition) is 1. The van der Waals surface area contributed by atoms with Gasteiger partial charge in [0.15, 0.2) is 0 Å². The molecule has 0 aliphatic rings. The summed E-state index contributed by atoms with van der Waals surface area (Å²) in [4.78, 5) is 3.97. The second-order valence-corrected chi connectivity index (χ2v) is 3.82. The standard InChI is InChI=1S/C12H10F3NO2/c1-7(17)11-16-10(6-18-11)8-2-4-9(5-3-8)12(13,14)15/h2-7,17H,1H3/t7-/m0/s1. The molecule has 6 heteroatoms. The van der Waals surface area contributed by atoms with E-state index in [0.29, 0.717) is 11.3 Å². The summed E-state index contributed by atoms with van der Waals surface area (Å²) in [5, 5.41) is 9.23. The lowest BCUT2D eigenvalue weighted by atomic mass is 10.1. The number of aromatic nitrogens is 1. The summed E-state index contributed by atoms with van der Waals surface area (Å²) in [6.45, 7) is 1.49. The summed E-state index contributed by atoms with van der Waals surface area (Å²) in [5.74, 6) is 0.130. The van der Waals surface area contributed by atoms with E-state index in [9.17, 15) is 18.3 Å². The molecule has 0 saturated heterocycles. The Labute approximate surface area is 101 Å². The molecule has 0 bridgehead atoms. The molecule has 2 aromatic rings. The average Bonchev–Trinajstić information content (AvgIpc) is 2.77. The molecule has 2 rings (SSSR count). The Morgan fingerprint density at radius 2 is 1.83 bits per heavy atom. The van der Waals surface area contributed by atoms with E-state index < -0.39 is 17.8 Å². The van der Waals surface area contributed by atoms with Gasteiger partial charge in [-0.05, 0) is 19.1 Å². The van der Waals surface area contributed by atoms with Gasteiger partial charge in [0.1, 0.15) is 18.1 Å². The lowest BCUT2D eigenvalue weighted by Gasteiger charge is -2.06. The van der Waals surface area contributed by atoms with Crippen LogP contribution in [0.15, 0.2) is 34.9 Å². The molecule has 1 aromatic carbocycles. The minimum Gasteiger partial charge on any atom is -0.446 e. The second kappa shape index (κ2) is 4.45. The molecule has 1 N–H and O–H groups in total. The van der Waals surface area contributed by atoms with E-state index in [2.05, 4.69) is 4.98 Å². The second-order valence-electron chi connectivity index (χ2n) is 3.82. The van der Waals surface area contributed by atoms with Crippen molar-refractivity contribution in [2.45, 2.75) is 19.2 Å². The van der Waals surface area contributed by atoms with Crippen LogP contribution in [0.25, 0.3) is 11.3 Å². The molecule has 0 aliphatic heterocycles. The largest absolute Gasteiger partial charge is 0.446 e. The van der Waals surface area contributed by atoms with Gasteiger partial charge in [-0.3, -0.25) is 0 Å². The molecule has 0 unspecified atom stereocenters. The van der Waals surface area contributed by atoms with Gasteiger partial charge in [-0.25, -0.2) is 4.98 Å². The highest BCUT2D eigenvalue weighted by atomic mass is 19.4. The van der Waals surface area contributed by atoms with Gasteiger partial charge >= 0.3 is 6.18 Å². The number of benzene rings is 1. The number of aliphatic hydroxyl groups excluding tert-OH is 1. The molecule has 1 aromatic heterocycles. The van der Waals surface area contributed by atoms with Crippen molar-refractivity contribution in [1.82, 2.24) is 4.98 Å². The van der Waals surface area contributed by atoms with E-state index in [-0.39, 0.29) is 5.89 Å². The van der Waals surface area contributed by atoms with Crippen molar-refractivity contribution in [1.29, 1.82) is 0 Å². The maximum absolute atomic E-state index is 12.4. The van der Waals surface area contributed by atoms with Gasteiger partial charge in [0.25, 0.3) is 0 Å². The maximum Gasteiger partial charge on any atom is 0.416 e. The quantitative estimate of drug-likeness (QED) is 0.896. The molecule has 0 radical (unpaired) electrons. The van der Waals surface area contributed by atoms with Crippen LogP contribution in [0, 0.1) is 0 Å². The first kappa shape index (κ1) is 12.6. The predicted octanol–water partition coefficient (Wildman–Crippen LogP) is 3.41. The van der Waals surface area contributed by atoms with E-state index in [1.807, 2.05) is 0 Å². The number of oxazole rings is 1. The van der Waals surface area contributed by atoms with Crippen molar-refractivity contribution >= 4 is 0 Å². The Morgan fingerprint density at radius 3 is 2.28 bits per heavy atom. The normalized spacial score (nSPS) is 13.6. The molecule has 0 amide bonds. The topological polar surface area (TPSA) is 46.3 Å². The number of nitrogens with zero attached hydrogens (tertiary/aromatic N) is 1. The molecular formula is C12H10F3NO2. The van der Waals surface area contributed by atoms with Crippen molar-refractivity contribution in [2.24, 2.45) is 0 Å². The Hall–Kier alpha value is -1.82. The molecule has 0 aliphatic carbocycles. The van der Waals surface area contributed by atoms with E-state index in [1.165, 1.54) is 25.3 Å². The van der Waals surface area contributed by atoms with E-state index in [4.69, 9.17) is 4.42 Å². The molecule has 0 spiro atoms. The zero-order valence-electron chi connectivity index (χ0n) is 9.40. The number of rotatable bonds is 2. The van der Waals surface area contributed by atoms with Crippen LogP contribution >= 0.6 is 0 Å². The average molecular weight is 257 g/mol. The zero-order valence-corrected chi connectivity index (χ0v) is 9.40. The van der Waals surface area contributed by atoms with Gasteiger partial charge in [-0.1, -0.05) is 12.1 Å². The summed E-state index contributed by atoms with van der Waals surface area (Å²) < 4.78 is 42.1. The Kier molecular flexibility index (Phi) is 3.13. The third-order valence-corrected chi connectivity index (χ3v) is 2.39. The summed E-state index contributed by atoms with van der Waals surface area (Å²) in [6, 6.07) is 4.58. The fraction of sp³-hybridized carbons (Fsp3) is 0.250. The van der Waals surface area contributed by atoms with Crippen molar-refractivity contribution in [3.63, 3.8) is 0 Å². The van der Waals surface area contributed by atoms with Crippen molar-refractivity contribution in [3.05, 3.63) is 42.0 Å². The van der Waals surface area contributed by atoms with E-state index in [0.717, 1.165) is 12.1 Å². The van der Waals surface area contributed by atoms with Crippen LogP contribution in [0.4, 0.5) is 13.2 Å². The zero-order chi connectivity index (χ0) is 13.3. The highest BCUT2D eigenvalue weighted by Crippen LogP contribution is 2.31. The van der Waals surface area contributed by atoms with Crippen LogP contribution in [0.5, 0.6) is 0 Å². The van der Waals surface area contributed by atoms with Gasteiger partial charge in [-0.2, -0.15) is 13.2 Å². The molecule has 0 fully saturated rings. The van der Waals surface area contributed by atoms with E-state index in [1.54, 1.807) is 0 Å². The molecule has 1 atom stereocenters. The molecular weight excluding hydrogens is 247 g/mol. The fourth-order valence-corrected chi connectivity index (χ4v) is 1.44. The van der Waals surface area contributed by atoms with Crippen LogP contribution in [-0.4, -0.2) is 10.1 Å². The van der Waals surface area contributed by atoms with Gasteiger partial charge < -0.3 is 9.52 Å². The van der Waals surface area contributed by atoms with Crippen molar-refractivity contribution < 1.29 is 22.7 Å². The summed E-state index contributed by atoms with van der Waals surface area (Å²) in [6.07, 6.45) is -3.91. The molecule has 1 heterocycles. The Balaban J connectivity index is 2.29. The van der Waals surface area contributed by atoms with Crippen molar-refractivity contribution in [3.8, 4) is 11.3 Å². The summed E-state index contributed by atoms with van der Waals surface area (Å²) >= 11 is 0. The minimum absolute atomic E-state index is 0.130. The number of hydrogen-bond acceptors (Lipinski definition) is 3. The predicted molar refractivity (Wildman–Crippen MR) is 57.6 cm³/mol. The van der Waals surface area contributed by atoms with Crippen LogP contribution in [-0.2, 0) is 6.18 Å². The van der Waals surface area contributed by atoms with Gasteiger partial charge in [0.05, 0.1) is 5.56 Å². The summed E-state index contributed by atoms with van der Waals surface area (Å²) in [5.41, 5.74) is 0.170. The van der Waals surface area contributed by atoms with Crippen LogP contribution in [0.3, 0.4) is 0 Å². The highest BCUT2D eigenvalue weighted by Gasteiger charge is 2.30. The van der Waals surface area contributed by atoms with E-state index >= 15 is 0 Å². The first-order chi connectivity index (χ1) is 8.38. The molecule has 18 heavy (non-hydrogen) atoms.